The maximum Gasteiger partial charge on any atom is 0.226 e. The van der Waals surface area contributed by atoms with Crippen molar-refractivity contribution < 1.29 is 9.53 Å². The second-order valence-corrected chi connectivity index (χ2v) is 7.26. The first-order valence-corrected chi connectivity index (χ1v) is 9.44. The van der Waals surface area contributed by atoms with E-state index in [0.29, 0.717) is 48.9 Å². The third-order valence-electron chi connectivity index (χ3n) is 5.29. The number of aromatic nitrogens is 6. The van der Waals surface area contributed by atoms with E-state index in [1.807, 2.05) is 24.3 Å². The highest BCUT2D eigenvalue weighted by atomic mass is 16.5. The van der Waals surface area contributed by atoms with Gasteiger partial charge in [-0.1, -0.05) is 0 Å². The quantitative estimate of drug-likeness (QED) is 0.581. The molecular weight excluding hydrogens is 374 g/mol. The molecular formula is C18H25N9O2. The van der Waals surface area contributed by atoms with Crippen LogP contribution in [0.3, 0.4) is 0 Å². The Kier molecular flexibility index (Phi) is 5.05. The number of carbonyl (C=O) groups excluding carboxylic acids is 1. The number of methoxy groups -OCH3 is 1. The summed E-state index contributed by atoms with van der Waals surface area (Å²) in [6.07, 6.45) is 5.84. The van der Waals surface area contributed by atoms with Gasteiger partial charge >= 0.3 is 0 Å². The second kappa shape index (κ2) is 7.66. The predicted octanol–water partition coefficient (Wildman–Crippen LogP) is 0.327. The van der Waals surface area contributed by atoms with Crippen LogP contribution in [0.5, 0.6) is 0 Å². The molecule has 0 unspecified atom stereocenters. The molecule has 1 amide bonds. The molecule has 29 heavy (non-hydrogen) atoms. The fourth-order valence-corrected chi connectivity index (χ4v) is 3.89. The van der Waals surface area contributed by atoms with Gasteiger partial charge in [0.15, 0.2) is 5.65 Å². The van der Waals surface area contributed by atoms with Crippen molar-refractivity contribution in [2.75, 3.05) is 37.9 Å². The molecule has 11 nitrogen and oxygen atoms in total. The highest BCUT2D eigenvalue weighted by Gasteiger charge is 2.40. The van der Waals surface area contributed by atoms with Crippen molar-refractivity contribution in [3.05, 3.63) is 24.2 Å². The number of hydrogen-bond acceptors (Lipinski definition) is 8. The summed E-state index contributed by atoms with van der Waals surface area (Å²) in [5.41, 5.74) is 7.71. The molecule has 3 aromatic rings. The second-order valence-electron chi connectivity index (χ2n) is 7.26. The normalized spacial score (nSPS) is 19.4. The van der Waals surface area contributed by atoms with E-state index in [0.717, 1.165) is 5.56 Å². The number of nitrogens with one attached hydrogen (secondary N) is 1. The zero-order valence-corrected chi connectivity index (χ0v) is 16.7. The van der Waals surface area contributed by atoms with Gasteiger partial charge in [-0.2, -0.15) is 20.2 Å². The van der Waals surface area contributed by atoms with E-state index in [1.165, 1.54) is 0 Å². The van der Waals surface area contributed by atoms with Crippen LogP contribution in [0.25, 0.3) is 11.0 Å². The molecule has 154 valence electrons. The van der Waals surface area contributed by atoms with Gasteiger partial charge < -0.3 is 20.7 Å². The molecule has 4 rings (SSSR count). The molecule has 4 heterocycles. The Morgan fingerprint density at radius 1 is 1.28 bits per heavy atom. The van der Waals surface area contributed by atoms with E-state index in [1.54, 1.807) is 29.7 Å². The molecule has 3 aromatic heterocycles. The largest absolute Gasteiger partial charge is 0.383 e. The van der Waals surface area contributed by atoms with Crippen LogP contribution in [0, 0.1) is 5.92 Å². The summed E-state index contributed by atoms with van der Waals surface area (Å²) in [6, 6.07) is -0.0865. The van der Waals surface area contributed by atoms with E-state index >= 15 is 0 Å². The summed E-state index contributed by atoms with van der Waals surface area (Å²) < 4.78 is 8.59. The lowest BCUT2D eigenvalue weighted by Gasteiger charge is -2.27. The van der Waals surface area contributed by atoms with Crippen molar-refractivity contribution in [3.63, 3.8) is 0 Å². The number of anilines is 2. The number of nitrogen functional groups attached to an aromatic ring is 1. The maximum absolute atomic E-state index is 12.7. The predicted molar refractivity (Wildman–Crippen MR) is 107 cm³/mol. The Bertz CT molecular complexity index is 1030. The number of nitrogens with two attached hydrogens (primary N) is 1. The minimum Gasteiger partial charge on any atom is -0.383 e. The summed E-state index contributed by atoms with van der Waals surface area (Å²) in [6.45, 7) is 1.55. The smallest absolute Gasteiger partial charge is 0.226 e. The van der Waals surface area contributed by atoms with E-state index < -0.39 is 0 Å². The molecule has 11 heteroatoms. The monoisotopic (exact) mass is 399 g/mol. The van der Waals surface area contributed by atoms with E-state index in [9.17, 15) is 4.79 Å². The fraction of sp³-hybridized carbons (Fsp3) is 0.500. The van der Waals surface area contributed by atoms with Crippen LogP contribution in [0.4, 0.5) is 11.8 Å². The van der Waals surface area contributed by atoms with Crippen LogP contribution < -0.4 is 11.1 Å². The van der Waals surface area contributed by atoms with Crippen molar-refractivity contribution in [1.29, 1.82) is 0 Å². The van der Waals surface area contributed by atoms with Crippen molar-refractivity contribution in [2.45, 2.75) is 12.5 Å². The number of rotatable bonds is 7. The fourth-order valence-electron chi connectivity index (χ4n) is 3.89. The van der Waals surface area contributed by atoms with Gasteiger partial charge in [0.05, 0.1) is 30.4 Å². The Labute approximate surface area is 167 Å². The first kappa shape index (κ1) is 19.1. The van der Waals surface area contributed by atoms with Gasteiger partial charge in [0.2, 0.25) is 11.9 Å². The number of aryl methyl sites for hydroxylation is 2. The van der Waals surface area contributed by atoms with Crippen LogP contribution in [-0.4, -0.2) is 67.1 Å². The number of likely N-dealkylation sites (tertiary alicyclic amines) is 1. The van der Waals surface area contributed by atoms with Gasteiger partial charge in [-0.05, 0) is 0 Å². The Morgan fingerprint density at radius 3 is 2.83 bits per heavy atom. The summed E-state index contributed by atoms with van der Waals surface area (Å²) >= 11 is 0. The number of ether oxygens (including phenoxy) is 1. The number of amides is 1. The van der Waals surface area contributed by atoms with E-state index in [2.05, 4.69) is 25.5 Å². The average Bonchev–Trinajstić information content (AvgIpc) is 3.36. The van der Waals surface area contributed by atoms with Crippen molar-refractivity contribution in [3.8, 4) is 0 Å². The summed E-state index contributed by atoms with van der Waals surface area (Å²) in [5.74, 6) is 0.936. The standard InChI is InChI=1S/C18H25N9O2/c1-25-10-12(8-21-25)15-11(6-14(28)27(15)4-5-29-3)7-20-18-23-16(19)13-9-22-26(2)17(13)24-18/h8-11,15H,4-7H2,1-3H3,(H3,19,20,23,24)/t11-,15+/m1/s1. The molecule has 3 N–H and O–H groups in total. The summed E-state index contributed by atoms with van der Waals surface area (Å²) in [5, 5.41) is 12.4. The molecule has 0 saturated carbocycles. The molecule has 1 saturated heterocycles. The summed E-state index contributed by atoms with van der Waals surface area (Å²) in [7, 11) is 5.31. The first-order valence-electron chi connectivity index (χ1n) is 9.44. The average molecular weight is 399 g/mol. The van der Waals surface area contributed by atoms with Crippen LogP contribution in [0.1, 0.15) is 18.0 Å². The summed E-state index contributed by atoms with van der Waals surface area (Å²) in [4.78, 5) is 23.4. The van der Waals surface area contributed by atoms with Crippen LogP contribution >= 0.6 is 0 Å². The van der Waals surface area contributed by atoms with Gasteiger partial charge in [0, 0.05) is 58.4 Å². The highest BCUT2D eigenvalue weighted by molar-refractivity contribution is 5.86. The lowest BCUT2D eigenvalue weighted by Crippen LogP contribution is -2.33. The molecule has 1 aliphatic rings. The van der Waals surface area contributed by atoms with Crippen molar-refractivity contribution in [1.82, 2.24) is 34.4 Å². The van der Waals surface area contributed by atoms with Gasteiger partial charge in [0.1, 0.15) is 5.82 Å². The molecule has 1 aliphatic heterocycles. The Morgan fingerprint density at radius 2 is 2.10 bits per heavy atom. The minimum atomic E-state index is -0.0865. The molecule has 0 bridgehead atoms. The van der Waals surface area contributed by atoms with Crippen LogP contribution in [-0.2, 0) is 23.6 Å². The van der Waals surface area contributed by atoms with Gasteiger partial charge in [-0.25, -0.2) is 0 Å². The van der Waals surface area contributed by atoms with Gasteiger partial charge in [0.25, 0.3) is 0 Å². The molecule has 0 spiro atoms. The molecule has 1 fully saturated rings. The lowest BCUT2D eigenvalue weighted by molar-refractivity contribution is -0.129. The number of fused-ring (bicyclic) bond motifs is 1. The zero-order chi connectivity index (χ0) is 20.5. The minimum absolute atomic E-state index is 0.0376. The number of hydrogen-bond donors (Lipinski definition) is 2. The van der Waals surface area contributed by atoms with Crippen LogP contribution in [0.15, 0.2) is 18.6 Å². The molecule has 2 atom stereocenters. The lowest BCUT2D eigenvalue weighted by atomic mass is 9.95. The van der Waals surface area contributed by atoms with Crippen LogP contribution in [0.2, 0.25) is 0 Å². The van der Waals surface area contributed by atoms with E-state index in [-0.39, 0.29) is 17.9 Å². The maximum atomic E-state index is 12.7. The zero-order valence-electron chi connectivity index (χ0n) is 16.7. The highest BCUT2D eigenvalue weighted by Crippen LogP contribution is 2.37. The third-order valence-corrected chi connectivity index (χ3v) is 5.29. The topological polar surface area (TPSA) is 129 Å². The SMILES string of the molecule is COCCN1C(=O)C[C@H](CNc2nc(N)c3cnn(C)c3n2)[C@H]1c1cnn(C)c1. The Balaban J connectivity index is 1.56. The number of nitrogens with zero attached hydrogens (tertiary/aromatic N) is 7. The molecule has 0 aromatic carbocycles. The first-order chi connectivity index (χ1) is 14.0. The number of carbonyl (C=O) groups is 1. The van der Waals surface area contributed by atoms with Crippen molar-refractivity contribution in [2.24, 2.45) is 20.0 Å². The van der Waals surface area contributed by atoms with E-state index in [4.69, 9.17) is 10.5 Å². The molecule has 0 radical (unpaired) electrons. The van der Waals surface area contributed by atoms with Crippen molar-refractivity contribution >= 4 is 28.7 Å². The Hall–Kier alpha value is -3.21. The molecule has 0 aliphatic carbocycles. The van der Waals surface area contributed by atoms with Gasteiger partial charge in [-0.3, -0.25) is 14.2 Å². The van der Waals surface area contributed by atoms with Gasteiger partial charge in [-0.15, -0.1) is 0 Å². The third kappa shape index (κ3) is 3.60.